The number of benzene rings is 1. The highest BCUT2D eigenvalue weighted by Crippen LogP contribution is 2.25. The Morgan fingerprint density at radius 2 is 2.25 bits per heavy atom. The van der Waals surface area contributed by atoms with Crippen molar-refractivity contribution in [2.75, 3.05) is 6.07 Å². The third-order valence-electron chi connectivity index (χ3n) is 2.07. The van der Waals surface area contributed by atoms with Crippen molar-refractivity contribution in [3.8, 4) is 5.75 Å². The summed E-state index contributed by atoms with van der Waals surface area (Å²) in [5, 5.41) is 2.05. The Balaban J connectivity index is 2.23. The first-order valence-corrected chi connectivity index (χ1v) is 5.04. The van der Waals surface area contributed by atoms with Crippen LogP contribution in [0.25, 0.3) is 0 Å². The highest BCUT2D eigenvalue weighted by atomic mass is 35.5. The van der Waals surface area contributed by atoms with Crippen LogP contribution in [0, 0.1) is 0 Å². The molecular weight excluding hydrogens is 234 g/mol. The molecule has 16 heavy (non-hydrogen) atoms. The van der Waals surface area contributed by atoms with Gasteiger partial charge in [-0.15, -0.1) is 0 Å². The number of hydrogen-bond donors (Lipinski definition) is 1. The van der Waals surface area contributed by atoms with Crippen LogP contribution in [0.5, 0.6) is 5.75 Å². The van der Waals surface area contributed by atoms with Crippen LogP contribution in [0.4, 0.5) is 4.79 Å². The molecule has 1 N–H and O–H groups in total. The topological polar surface area (TPSA) is 64.6 Å². The highest BCUT2D eigenvalue weighted by molar-refractivity contribution is 6.17. The molecule has 1 atom stereocenters. The first kappa shape index (κ1) is 10.8. The predicted molar refractivity (Wildman–Crippen MR) is 55.2 cm³/mol. The molecule has 0 aromatic heterocycles. The van der Waals surface area contributed by atoms with Gasteiger partial charge in [-0.3, -0.25) is 10.1 Å². The van der Waals surface area contributed by atoms with Gasteiger partial charge < -0.3 is 9.47 Å². The maximum Gasteiger partial charge on any atom is 0.415 e. The summed E-state index contributed by atoms with van der Waals surface area (Å²) < 4.78 is 9.87. The van der Waals surface area contributed by atoms with Gasteiger partial charge in [0, 0.05) is 5.56 Å². The van der Waals surface area contributed by atoms with Gasteiger partial charge >= 0.3 is 6.09 Å². The second kappa shape index (κ2) is 4.40. The van der Waals surface area contributed by atoms with E-state index in [0.29, 0.717) is 11.3 Å². The number of carbonyl (C=O) groups excluding carboxylic acids is 2. The Labute approximate surface area is 96.3 Å². The average Bonchev–Trinajstić information content (AvgIpc) is 2.59. The van der Waals surface area contributed by atoms with Crippen LogP contribution in [-0.2, 0) is 9.53 Å². The quantitative estimate of drug-likeness (QED) is 0.816. The second-order valence-corrected chi connectivity index (χ2v) is 3.32. The zero-order valence-electron chi connectivity index (χ0n) is 8.10. The first-order chi connectivity index (χ1) is 7.70. The van der Waals surface area contributed by atoms with Gasteiger partial charge in [0.15, 0.2) is 6.07 Å². The summed E-state index contributed by atoms with van der Waals surface area (Å²) in [5.41, 5.74) is 0.547. The fraction of sp³-hybridized carbons (Fsp3) is 0.200. The van der Waals surface area contributed by atoms with Crippen molar-refractivity contribution in [1.29, 1.82) is 0 Å². The number of imide groups is 1. The molecule has 1 fully saturated rings. The monoisotopic (exact) mass is 241 g/mol. The minimum Gasteiger partial charge on any atom is -0.478 e. The number of halogens is 1. The van der Waals surface area contributed by atoms with Crippen LogP contribution >= 0.6 is 11.6 Å². The fourth-order valence-corrected chi connectivity index (χ4v) is 1.53. The third-order valence-corrected chi connectivity index (χ3v) is 2.18. The number of hydrogen-bond acceptors (Lipinski definition) is 4. The van der Waals surface area contributed by atoms with Gasteiger partial charge in [-0.25, -0.2) is 4.79 Å². The van der Waals surface area contributed by atoms with E-state index in [4.69, 9.17) is 21.1 Å². The summed E-state index contributed by atoms with van der Waals surface area (Å²) in [7, 11) is 0. The molecule has 1 aliphatic heterocycles. The second-order valence-electron chi connectivity index (χ2n) is 3.10. The van der Waals surface area contributed by atoms with Crippen LogP contribution in [0.1, 0.15) is 11.7 Å². The fourth-order valence-electron chi connectivity index (χ4n) is 1.41. The van der Waals surface area contributed by atoms with E-state index in [0.717, 1.165) is 0 Å². The van der Waals surface area contributed by atoms with Gasteiger partial charge in [0.05, 0.1) is 0 Å². The highest BCUT2D eigenvalue weighted by Gasteiger charge is 2.33. The van der Waals surface area contributed by atoms with Gasteiger partial charge in [-0.1, -0.05) is 23.7 Å². The van der Waals surface area contributed by atoms with E-state index in [2.05, 4.69) is 0 Å². The van der Waals surface area contributed by atoms with E-state index in [-0.39, 0.29) is 6.07 Å². The van der Waals surface area contributed by atoms with E-state index in [1.807, 2.05) is 5.32 Å². The number of alkyl halides is 1. The lowest BCUT2D eigenvalue weighted by Gasteiger charge is -2.08. The number of amides is 2. The minimum atomic E-state index is -0.911. The number of cyclic esters (lactones) is 1. The molecule has 2 amide bonds. The molecule has 1 aromatic carbocycles. The molecule has 84 valence electrons. The molecule has 0 aliphatic carbocycles. The minimum absolute atomic E-state index is 0.0140. The zero-order chi connectivity index (χ0) is 11.5. The van der Waals surface area contributed by atoms with Crippen molar-refractivity contribution < 1.29 is 19.1 Å². The number of alkyl carbamates (subject to hydrolysis) is 1. The summed E-state index contributed by atoms with van der Waals surface area (Å²) in [6.45, 7) is 0. The van der Waals surface area contributed by atoms with E-state index < -0.39 is 18.1 Å². The SMILES string of the molecule is O=C1NC(=O)C(c2cccc(OCCl)c2)O1. The van der Waals surface area contributed by atoms with E-state index >= 15 is 0 Å². The Morgan fingerprint density at radius 1 is 1.44 bits per heavy atom. The van der Waals surface area contributed by atoms with Crippen LogP contribution in [0.15, 0.2) is 24.3 Å². The molecule has 0 saturated carbocycles. The average molecular weight is 242 g/mol. The summed E-state index contributed by atoms with van der Waals surface area (Å²) in [4.78, 5) is 22.2. The van der Waals surface area contributed by atoms with Crippen molar-refractivity contribution in [2.45, 2.75) is 6.10 Å². The van der Waals surface area contributed by atoms with Gasteiger partial charge in [-0.2, -0.15) is 0 Å². The van der Waals surface area contributed by atoms with Crippen LogP contribution in [0.3, 0.4) is 0 Å². The summed E-state index contributed by atoms with van der Waals surface area (Å²) in [5.74, 6) is 0.0382. The number of ether oxygens (including phenoxy) is 2. The predicted octanol–water partition coefficient (Wildman–Crippen LogP) is 1.57. The molecule has 0 spiro atoms. The van der Waals surface area contributed by atoms with Crippen LogP contribution in [-0.4, -0.2) is 18.1 Å². The van der Waals surface area contributed by atoms with Gasteiger partial charge in [0.1, 0.15) is 5.75 Å². The third kappa shape index (κ3) is 2.09. The van der Waals surface area contributed by atoms with Crippen LogP contribution < -0.4 is 10.1 Å². The molecule has 1 aliphatic rings. The largest absolute Gasteiger partial charge is 0.478 e. The lowest BCUT2D eigenvalue weighted by atomic mass is 10.1. The summed E-state index contributed by atoms with van der Waals surface area (Å²) >= 11 is 5.41. The Bertz CT molecular complexity index is 435. The van der Waals surface area contributed by atoms with Crippen molar-refractivity contribution >= 4 is 23.6 Å². The maximum atomic E-state index is 11.3. The zero-order valence-corrected chi connectivity index (χ0v) is 8.86. The van der Waals surface area contributed by atoms with E-state index in [1.165, 1.54) is 0 Å². The van der Waals surface area contributed by atoms with E-state index in [9.17, 15) is 9.59 Å². The van der Waals surface area contributed by atoms with Gasteiger partial charge in [-0.05, 0) is 12.1 Å². The molecule has 1 saturated heterocycles. The lowest BCUT2D eigenvalue weighted by molar-refractivity contribution is -0.123. The van der Waals surface area contributed by atoms with Crippen LogP contribution in [0.2, 0.25) is 0 Å². The maximum absolute atomic E-state index is 11.3. The summed E-state index contributed by atoms with van der Waals surface area (Å²) in [6, 6.07) is 6.67. The number of rotatable bonds is 3. The molecular formula is C10H8ClNO4. The molecule has 2 rings (SSSR count). The standard InChI is InChI=1S/C10H8ClNO4/c11-5-15-7-3-1-2-6(4-7)8-9(13)12-10(14)16-8/h1-4,8H,5H2,(H,12,13,14). The number of nitrogens with one attached hydrogen (secondary N) is 1. The summed E-state index contributed by atoms with van der Waals surface area (Å²) in [6.07, 6.45) is -1.65. The lowest BCUT2D eigenvalue weighted by Crippen LogP contribution is -2.20. The molecule has 0 radical (unpaired) electrons. The van der Waals surface area contributed by atoms with Crippen molar-refractivity contribution in [1.82, 2.24) is 5.32 Å². The molecule has 1 heterocycles. The molecule has 5 nitrogen and oxygen atoms in total. The van der Waals surface area contributed by atoms with Gasteiger partial charge in [0.2, 0.25) is 6.10 Å². The smallest absolute Gasteiger partial charge is 0.415 e. The molecule has 6 heteroatoms. The van der Waals surface area contributed by atoms with E-state index in [1.54, 1.807) is 24.3 Å². The Kier molecular flexibility index (Phi) is 2.96. The molecule has 0 bridgehead atoms. The first-order valence-electron chi connectivity index (χ1n) is 4.51. The number of carbonyl (C=O) groups is 2. The Morgan fingerprint density at radius 3 is 2.88 bits per heavy atom. The van der Waals surface area contributed by atoms with Crippen molar-refractivity contribution in [3.05, 3.63) is 29.8 Å². The molecule has 1 aromatic rings. The van der Waals surface area contributed by atoms with Crippen molar-refractivity contribution in [3.63, 3.8) is 0 Å². The molecule has 1 unspecified atom stereocenters. The van der Waals surface area contributed by atoms with Crippen molar-refractivity contribution in [2.24, 2.45) is 0 Å². The Hall–Kier alpha value is -1.75. The normalized spacial score (nSPS) is 19.2. The van der Waals surface area contributed by atoms with Gasteiger partial charge in [0.25, 0.3) is 5.91 Å².